The van der Waals surface area contributed by atoms with Crippen LogP contribution in [0.4, 0.5) is 10.6 Å². The molecule has 8 heteroatoms. The van der Waals surface area contributed by atoms with Crippen LogP contribution in [0, 0.1) is 6.92 Å². The molecule has 1 aliphatic heterocycles. The Balaban J connectivity index is 1.86. The zero-order valence-corrected chi connectivity index (χ0v) is 10.1. The molecule has 17 heavy (non-hydrogen) atoms. The SMILES string of the molecule is Cc1cc(NC(=O)N[C@@H]2CCS(=O)(=O)C2)no1. The summed E-state index contributed by atoms with van der Waals surface area (Å²) in [6.45, 7) is 1.71. The Labute approximate surface area is 98.5 Å². The van der Waals surface area contributed by atoms with Gasteiger partial charge in [-0.1, -0.05) is 5.16 Å². The molecule has 0 bridgehead atoms. The van der Waals surface area contributed by atoms with Gasteiger partial charge in [-0.3, -0.25) is 5.32 Å². The Morgan fingerprint density at radius 3 is 2.88 bits per heavy atom. The van der Waals surface area contributed by atoms with Crippen LogP contribution in [0.5, 0.6) is 0 Å². The Hall–Kier alpha value is -1.57. The van der Waals surface area contributed by atoms with Crippen molar-refractivity contribution >= 4 is 21.7 Å². The third-order valence-electron chi connectivity index (χ3n) is 2.44. The minimum atomic E-state index is -2.99. The van der Waals surface area contributed by atoms with Crippen molar-refractivity contribution in [2.75, 3.05) is 16.8 Å². The van der Waals surface area contributed by atoms with Gasteiger partial charge < -0.3 is 9.84 Å². The van der Waals surface area contributed by atoms with E-state index in [0.29, 0.717) is 18.0 Å². The van der Waals surface area contributed by atoms with Gasteiger partial charge in [0.1, 0.15) is 5.76 Å². The van der Waals surface area contributed by atoms with Crippen molar-refractivity contribution in [3.63, 3.8) is 0 Å². The maximum absolute atomic E-state index is 11.5. The van der Waals surface area contributed by atoms with Crippen molar-refractivity contribution in [3.8, 4) is 0 Å². The zero-order chi connectivity index (χ0) is 12.5. The van der Waals surface area contributed by atoms with E-state index in [-0.39, 0.29) is 17.5 Å². The summed E-state index contributed by atoms with van der Waals surface area (Å²) in [6.07, 6.45) is 0.452. The van der Waals surface area contributed by atoms with E-state index in [0.717, 1.165) is 0 Å². The molecule has 2 amide bonds. The third kappa shape index (κ3) is 3.19. The van der Waals surface area contributed by atoms with Crippen molar-refractivity contribution in [2.24, 2.45) is 0 Å². The van der Waals surface area contributed by atoms with E-state index in [9.17, 15) is 13.2 Å². The summed E-state index contributed by atoms with van der Waals surface area (Å²) in [5.41, 5.74) is 0. The summed E-state index contributed by atoms with van der Waals surface area (Å²) < 4.78 is 27.2. The monoisotopic (exact) mass is 259 g/mol. The number of anilines is 1. The highest BCUT2D eigenvalue weighted by molar-refractivity contribution is 7.91. The second kappa shape index (κ2) is 4.36. The molecule has 0 saturated carbocycles. The molecular formula is C9H13N3O4S. The van der Waals surface area contributed by atoms with Crippen LogP contribution in [-0.4, -0.2) is 37.2 Å². The third-order valence-corrected chi connectivity index (χ3v) is 4.21. The van der Waals surface area contributed by atoms with Gasteiger partial charge in [-0.25, -0.2) is 13.2 Å². The molecule has 1 fully saturated rings. The average Bonchev–Trinajstić information content (AvgIpc) is 2.73. The van der Waals surface area contributed by atoms with E-state index in [1.165, 1.54) is 0 Å². The predicted octanol–water partition coefficient (Wildman–Crippen LogP) is 0.292. The van der Waals surface area contributed by atoms with E-state index >= 15 is 0 Å². The molecule has 0 unspecified atom stereocenters. The van der Waals surface area contributed by atoms with Crippen molar-refractivity contribution in [3.05, 3.63) is 11.8 Å². The molecule has 0 aromatic carbocycles. The van der Waals surface area contributed by atoms with Gasteiger partial charge in [0.25, 0.3) is 0 Å². The number of aromatic nitrogens is 1. The van der Waals surface area contributed by atoms with Gasteiger partial charge in [-0.15, -0.1) is 0 Å². The average molecular weight is 259 g/mol. The summed E-state index contributed by atoms with van der Waals surface area (Å²) in [4.78, 5) is 11.5. The van der Waals surface area contributed by atoms with Gasteiger partial charge in [-0.2, -0.15) is 0 Å². The van der Waals surface area contributed by atoms with Crippen LogP contribution in [0.2, 0.25) is 0 Å². The number of sulfone groups is 1. The Kier molecular flexibility index (Phi) is 3.05. The number of carbonyl (C=O) groups excluding carboxylic acids is 1. The van der Waals surface area contributed by atoms with Crippen molar-refractivity contribution in [1.82, 2.24) is 10.5 Å². The fourth-order valence-electron chi connectivity index (χ4n) is 1.67. The molecule has 0 spiro atoms. The number of hydrogen-bond acceptors (Lipinski definition) is 5. The molecule has 2 heterocycles. The molecule has 7 nitrogen and oxygen atoms in total. The first-order chi connectivity index (χ1) is 7.94. The summed E-state index contributed by atoms with van der Waals surface area (Å²) in [6, 6.07) is 0.777. The summed E-state index contributed by atoms with van der Waals surface area (Å²) in [5, 5.41) is 8.64. The van der Waals surface area contributed by atoms with Gasteiger partial charge in [0.2, 0.25) is 0 Å². The van der Waals surface area contributed by atoms with Crippen molar-refractivity contribution in [1.29, 1.82) is 0 Å². The number of nitrogens with one attached hydrogen (secondary N) is 2. The van der Waals surface area contributed by atoms with Crippen LogP contribution < -0.4 is 10.6 Å². The lowest BCUT2D eigenvalue weighted by Gasteiger charge is -2.10. The molecule has 1 aliphatic rings. The lowest BCUT2D eigenvalue weighted by Crippen LogP contribution is -2.38. The van der Waals surface area contributed by atoms with Crippen LogP contribution in [-0.2, 0) is 9.84 Å². The van der Waals surface area contributed by atoms with Gasteiger partial charge in [0, 0.05) is 12.1 Å². The molecule has 0 aliphatic carbocycles. The fraction of sp³-hybridized carbons (Fsp3) is 0.556. The minimum Gasteiger partial charge on any atom is -0.360 e. The van der Waals surface area contributed by atoms with E-state index < -0.39 is 15.9 Å². The van der Waals surface area contributed by atoms with Gasteiger partial charge in [0.05, 0.1) is 11.5 Å². The first-order valence-electron chi connectivity index (χ1n) is 5.16. The smallest absolute Gasteiger partial charge is 0.320 e. The quantitative estimate of drug-likeness (QED) is 0.795. The van der Waals surface area contributed by atoms with Gasteiger partial charge in [0.15, 0.2) is 15.7 Å². The Morgan fingerprint density at radius 1 is 1.59 bits per heavy atom. The maximum atomic E-state index is 11.5. The second-order valence-electron chi connectivity index (χ2n) is 4.02. The highest BCUT2D eigenvalue weighted by Crippen LogP contribution is 2.12. The molecule has 94 valence electrons. The van der Waals surface area contributed by atoms with E-state index in [1.54, 1.807) is 13.0 Å². The number of hydrogen-bond donors (Lipinski definition) is 2. The van der Waals surface area contributed by atoms with Gasteiger partial charge >= 0.3 is 6.03 Å². The molecule has 1 aromatic rings. The molecule has 1 atom stereocenters. The maximum Gasteiger partial charge on any atom is 0.320 e. The number of aryl methyl sites for hydroxylation is 1. The predicted molar refractivity (Wildman–Crippen MR) is 60.5 cm³/mol. The Bertz CT molecular complexity index is 522. The summed E-state index contributed by atoms with van der Waals surface area (Å²) in [7, 11) is -2.99. The first kappa shape index (κ1) is 11.9. The first-order valence-corrected chi connectivity index (χ1v) is 6.98. The Morgan fingerprint density at radius 2 is 2.35 bits per heavy atom. The van der Waals surface area contributed by atoms with Crippen LogP contribution >= 0.6 is 0 Å². The lowest BCUT2D eigenvalue weighted by molar-refractivity contribution is 0.249. The molecule has 0 radical (unpaired) electrons. The topological polar surface area (TPSA) is 101 Å². The number of carbonyl (C=O) groups is 1. The summed E-state index contributed by atoms with van der Waals surface area (Å²) >= 11 is 0. The zero-order valence-electron chi connectivity index (χ0n) is 9.26. The van der Waals surface area contributed by atoms with Crippen molar-refractivity contribution < 1.29 is 17.7 Å². The number of rotatable bonds is 2. The molecule has 1 aromatic heterocycles. The largest absolute Gasteiger partial charge is 0.360 e. The minimum absolute atomic E-state index is 0.00172. The normalized spacial score (nSPS) is 22.3. The van der Waals surface area contributed by atoms with Crippen molar-refractivity contribution in [2.45, 2.75) is 19.4 Å². The highest BCUT2D eigenvalue weighted by atomic mass is 32.2. The molecule has 2 N–H and O–H groups in total. The fourth-order valence-corrected chi connectivity index (χ4v) is 3.35. The number of amides is 2. The van der Waals surface area contributed by atoms with Gasteiger partial charge in [-0.05, 0) is 13.3 Å². The van der Waals surface area contributed by atoms with E-state index in [1.807, 2.05) is 0 Å². The lowest BCUT2D eigenvalue weighted by atomic mass is 10.3. The van der Waals surface area contributed by atoms with Crippen LogP contribution in [0.15, 0.2) is 10.6 Å². The number of nitrogens with zero attached hydrogens (tertiary/aromatic N) is 1. The van der Waals surface area contributed by atoms with E-state index in [2.05, 4.69) is 15.8 Å². The highest BCUT2D eigenvalue weighted by Gasteiger charge is 2.28. The molecule has 1 saturated heterocycles. The molecule has 2 rings (SSSR count). The van der Waals surface area contributed by atoms with Crippen LogP contribution in [0.1, 0.15) is 12.2 Å². The van der Waals surface area contributed by atoms with E-state index in [4.69, 9.17) is 4.52 Å². The molecular weight excluding hydrogens is 246 g/mol. The van der Waals surface area contributed by atoms with Crippen LogP contribution in [0.3, 0.4) is 0 Å². The van der Waals surface area contributed by atoms with Crippen LogP contribution in [0.25, 0.3) is 0 Å². The standard InChI is InChI=1S/C9H13N3O4S/c1-6-4-8(12-16-6)11-9(13)10-7-2-3-17(14,15)5-7/h4,7H,2-3,5H2,1H3,(H2,10,11,12,13)/t7-/m1/s1. The second-order valence-corrected chi connectivity index (χ2v) is 6.25. The summed E-state index contributed by atoms with van der Waals surface area (Å²) in [5.74, 6) is 1.02. The number of urea groups is 1.